The molecular weight excluding hydrogens is 238 g/mol. The van der Waals surface area contributed by atoms with Gasteiger partial charge >= 0.3 is 5.97 Å². The van der Waals surface area contributed by atoms with E-state index in [1.807, 2.05) is 39.0 Å². The summed E-state index contributed by atoms with van der Waals surface area (Å²) in [5.41, 5.74) is 5.26. The lowest BCUT2D eigenvalue weighted by Crippen LogP contribution is -2.07. The van der Waals surface area contributed by atoms with Crippen molar-refractivity contribution in [1.82, 2.24) is 4.98 Å². The molecule has 0 radical (unpaired) electrons. The highest BCUT2D eigenvalue weighted by Gasteiger charge is 2.15. The largest absolute Gasteiger partial charge is 0.465 e. The van der Waals surface area contributed by atoms with E-state index in [0.29, 0.717) is 5.56 Å². The van der Waals surface area contributed by atoms with E-state index in [4.69, 9.17) is 4.74 Å². The molecule has 0 atom stereocenters. The van der Waals surface area contributed by atoms with Crippen LogP contribution in [0.25, 0.3) is 11.3 Å². The average molecular weight is 255 g/mol. The van der Waals surface area contributed by atoms with Crippen LogP contribution < -0.4 is 0 Å². The predicted octanol–water partition coefficient (Wildman–Crippen LogP) is 3.46. The van der Waals surface area contributed by atoms with Crippen LogP contribution in [-0.2, 0) is 4.74 Å². The van der Waals surface area contributed by atoms with E-state index in [1.54, 1.807) is 6.07 Å². The second-order valence-corrected chi connectivity index (χ2v) is 4.65. The maximum Gasteiger partial charge on any atom is 0.338 e. The highest BCUT2D eigenvalue weighted by atomic mass is 16.5. The van der Waals surface area contributed by atoms with Crippen molar-refractivity contribution in [2.45, 2.75) is 20.8 Å². The molecule has 0 saturated heterocycles. The van der Waals surface area contributed by atoms with Gasteiger partial charge in [-0.2, -0.15) is 0 Å². The van der Waals surface area contributed by atoms with E-state index < -0.39 is 0 Å². The van der Waals surface area contributed by atoms with Gasteiger partial charge in [0.1, 0.15) is 0 Å². The SMILES string of the molecule is COC(=O)c1cc(C)nc(-c2cccc(C)c2)c1C. The van der Waals surface area contributed by atoms with Gasteiger partial charge in [0.25, 0.3) is 0 Å². The Bertz CT molecular complexity index is 633. The van der Waals surface area contributed by atoms with Crippen molar-refractivity contribution in [2.75, 3.05) is 7.11 Å². The van der Waals surface area contributed by atoms with Gasteiger partial charge < -0.3 is 4.74 Å². The quantitative estimate of drug-likeness (QED) is 0.771. The third-order valence-corrected chi connectivity index (χ3v) is 3.10. The Kier molecular flexibility index (Phi) is 3.65. The van der Waals surface area contributed by atoms with Crippen LogP contribution in [0.15, 0.2) is 30.3 Å². The summed E-state index contributed by atoms with van der Waals surface area (Å²) in [6.07, 6.45) is 0. The van der Waals surface area contributed by atoms with Crippen molar-refractivity contribution in [3.63, 3.8) is 0 Å². The summed E-state index contributed by atoms with van der Waals surface area (Å²) in [6.45, 7) is 5.82. The maximum absolute atomic E-state index is 11.8. The van der Waals surface area contributed by atoms with E-state index in [9.17, 15) is 4.79 Å². The standard InChI is InChI=1S/C16H17NO2/c1-10-6-5-7-13(8-10)15-12(3)14(16(18)19-4)9-11(2)17-15/h5-9H,1-4H3. The number of aromatic nitrogens is 1. The van der Waals surface area contributed by atoms with E-state index in [0.717, 1.165) is 22.5 Å². The number of benzene rings is 1. The van der Waals surface area contributed by atoms with Gasteiger partial charge in [-0.15, -0.1) is 0 Å². The summed E-state index contributed by atoms with van der Waals surface area (Å²) in [7, 11) is 1.39. The first kappa shape index (κ1) is 13.3. The molecule has 0 aliphatic carbocycles. The molecule has 0 N–H and O–H groups in total. The normalized spacial score (nSPS) is 10.3. The highest BCUT2D eigenvalue weighted by molar-refractivity contribution is 5.93. The smallest absolute Gasteiger partial charge is 0.338 e. The molecule has 1 aromatic carbocycles. The van der Waals surface area contributed by atoms with Gasteiger partial charge in [0.05, 0.1) is 18.4 Å². The lowest BCUT2D eigenvalue weighted by atomic mass is 10.00. The Morgan fingerprint density at radius 1 is 1.16 bits per heavy atom. The molecule has 0 aliphatic heterocycles. The summed E-state index contributed by atoms with van der Waals surface area (Å²) in [5, 5.41) is 0. The minimum absolute atomic E-state index is 0.322. The lowest BCUT2D eigenvalue weighted by molar-refractivity contribution is 0.0599. The highest BCUT2D eigenvalue weighted by Crippen LogP contribution is 2.25. The Morgan fingerprint density at radius 3 is 2.53 bits per heavy atom. The zero-order valence-corrected chi connectivity index (χ0v) is 11.7. The third kappa shape index (κ3) is 2.65. The number of ether oxygens (including phenoxy) is 1. The molecule has 2 rings (SSSR count). The van der Waals surface area contributed by atoms with Crippen LogP contribution in [0.3, 0.4) is 0 Å². The van der Waals surface area contributed by atoms with Gasteiger partial charge in [-0.1, -0.05) is 23.8 Å². The number of methoxy groups -OCH3 is 1. The van der Waals surface area contributed by atoms with E-state index in [2.05, 4.69) is 11.1 Å². The molecule has 98 valence electrons. The minimum Gasteiger partial charge on any atom is -0.465 e. The molecule has 0 spiro atoms. The number of hydrogen-bond acceptors (Lipinski definition) is 3. The van der Waals surface area contributed by atoms with Crippen molar-refractivity contribution in [3.05, 3.63) is 52.7 Å². The summed E-state index contributed by atoms with van der Waals surface area (Å²) in [6, 6.07) is 9.86. The fourth-order valence-corrected chi connectivity index (χ4v) is 2.13. The van der Waals surface area contributed by atoms with Gasteiger partial charge in [-0.3, -0.25) is 4.98 Å². The van der Waals surface area contributed by atoms with Crippen molar-refractivity contribution in [1.29, 1.82) is 0 Å². The van der Waals surface area contributed by atoms with Crippen LogP contribution in [0.2, 0.25) is 0 Å². The molecule has 1 aromatic heterocycles. The second-order valence-electron chi connectivity index (χ2n) is 4.65. The first-order valence-corrected chi connectivity index (χ1v) is 6.16. The summed E-state index contributed by atoms with van der Waals surface area (Å²) >= 11 is 0. The first-order chi connectivity index (χ1) is 9.02. The van der Waals surface area contributed by atoms with Crippen molar-refractivity contribution >= 4 is 5.97 Å². The van der Waals surface area contributed by atoms with Gasteiger partial charge in [0.15, 0.2) is 0 Å². The van der Waals surface area contributed by atoms with E-state index in [-0.39, 0.29) is 5.97 Å². The van der Waals surface area contributed by atoms with Crippen LogP contribution >= 0.6 is 0 Å². The number of carbonyl (C=O) groups is 1. The number of aryl methyl sites for hydroxylation is 2. The monoisotopic (exact) mass is 255 g/mol. The van der Waals surface area contributed by atoms with Crippen LogP contribution in [0.5, 0.6) is 0 Å². The van der Waals surface area contributed by atoms with Crippen molar-refractivity contribution in [2.24, 2.45) is 0 Å². The Hall–Kier alpha value is -2.16. The third-order valence-electron chi connectivity index (χ3n) is 3.10. The van der Waals surface area contributed by atoms with Gasteiger partial charge in [-0.05, 0) is 38.5 Å². The Morgan fingerprint density at radius 2 is 1.89 bits per heavy atom. The zero-order valence-electron chi connectivity index (χ0n) is 11.7. The molecule has 0 aliphatic rings. The fraction of sp³-hybridized carbons (Fsp3) is 0.250. The zero-order chi connectivity index (χ0) is 14.0. The Balaban J connectivity index is 2.64. The molecule has 19 heavy (non-hydrogen) atoms. The molecule has 3 nitrogen and oxygen atoms in total. The van der Waals surface area contributed by atoms with Gasteiger partial charge in [-0.25, -0.2) is 4.79 Å². The summed E-state index contributed by atoms with van der Waals surface area (Å²) < 4.78 is 4.82. The van der Waals surface area contributed by atoms with Crippen LogP contribution in [0, 0.1) is 20.8 Å². The van der Waals surface area contributed by atoms with Crippen LogP contribution in [0.1, 0.15) is 27.2 Å². The number of pyridine rings is 1. The molecule has 0 amide bonds. The van der Waals surface area contributed by atoms with Gasteiger partial charge in [0.2, 0.25) is 0 Å². The molecule has 0 unspecified atom stereocenters. The summed E-state index contributed by atoms with van der Waals surface area (Å²) in [4.78, 5) is 16.3. The number of hydrogen-bond donors (Lipinski definition) is 0. The molecule has 0 saturated carbocycles. The topological polar surface area (TPSA) is 39.2 Å². The second kappa shape index (κ2) is 5.22. The number of carbonyl (C=O) groups excluding carboxylic acids is 1. The molecular formula is C16H17NO2. The van der Waals surface area contributed by atoms with Gasteiger partial charge in [0, 0.05) is 11.3 Å². The molecule has 1 heterocycles. The fourth-order valence-electron chi connectivity index (χ4n) is 2.13. The molecule has 0 fully saturated rings. The van der Waals surface area contributed by atoms with E-state index >= 15 is 0 Å². The number of rotatable bonds is 2. The first-order valence-electron chi connectivity index (χ1n) is 6.16. The van der Waals surface area contributed by atoms with Crippen LogP contribution in [-0.4, -0.2) is 18.1 Å². The average Bonchev–Trinajstić information content (AvgIpc) is 2.40. The summed E-state index contributed by atoms with van der Waals surface area (Å²) in [5.74, 6) is -0.322. The number of esters is 1. The van der Waals surface area contributed by atoms with E-state index in [1.165, 1.54) is 12.7 Å². The van der Waals surface area contributed by atoms with Crippen LogP contribution in [0.4, 0.5) is 0 Å². The molecule has 2 aromatic rings. The number of nitrogens with zero attached hydrogens (tertiary/aromatic N) is 1. The van der Waals surface area contributed by atoms with Crippen molar-refractivity contribution < 1.29 is 9.53 Å². The predicted molar refractivity (Wildman–Crippen MR) is 75.2 cm³/mol. The molecule has 0 bridgehead atoms. The van der Waals surface area contributed by atoms with Crippen molar-refractivity contribution in [3.8, 4) is 11.3 Å². The lowest BCUT2D eigenvalue weighted by Gasteiger charge is -2.11. The maximum atomic E-state index is 11.8. The Labute approximate surface area is 113 Å². The molecule has 3 heteroatoms. The minimum atomic E-state index is -0.322.